The van der Waals surface area contributed by atoms with E-state index in [-0.39, 0.29) is 11.6 Å². The molecule has 1 saturated heterocycles. The molecule has 0 amide bonds. The van der Waals surface area contributed by atoms with Gasteiger partial charge in [-0.15, -0.1) is 0 Å². The average Bonchev–Trinajstić information content (AvgIpc) is 3.52. The summed E-state index contributed by atoms with van der Waals surface area (Å²) in [4.78, 5) is 17.4. The third-order valence-electron chi connectivity index (χ3n) is 7.01. The Morgan fingerprint density at radius 1 is 0.973 bits per heavy atom. The summed E-state index contributed by atoms with van der Waals surface area (Å²) in [7, 11) is 0. The van der Waals surface area contributed by atoms with Crippen LogP contribution in [0.4, 0.5) is 20.5 Å². The number of likely N-dealkylation sites (N-methyl/N-ethyl adjacent to an activating group) is 1. The van der Waals surface area contributed by atoms with Crippen molar-refractivity contribution in [1.29, 1.82) is 0 Å². The summed E-state index contributed by atoms with van der Waals surface area (Å²) in [6.45, 7) is 8.58. The minimum Gasteiger partial charge on any atom is -0.477 e. The standard InChI is InChI=1S/C26H28F2N8O/c1-2-34-8-10-35(11-9-34)16-37-18-5-6-23(29-14-18)31-26-30-15-21(28)24(32-26)17-12-19-22-4-3-7-36(22)33-25(19)20(27)13-17/h5-6,12-15H,2-4,7-11,16H2,1H3,(H,29,30,31,32). The van der Waals surface area contributed by atoms with Crippen molar-refractivity contribution in [2.45, 2.75) is 26.3 Å². The molecule has 2 aliphatic rings. The number of anilines is 2. The molecule has 1 fully saturated rings. The first-order valence-corrected chi connectivity index (χ1v) is 12.6. The van der Waals surface area contributed by atoms with Crippen molar-refractivity contribution in [2.75, 3.05) is 44.8 Å². The predicted octanol–water partition coefficient (Wildman–Crippen LogP) is 3.83. The van der Waals surface area contributed by atoms with Gasteiger partial charge < -0.3 is 15.0 Å². The number of aryl methyl sites for hydroxylation is 2. The van der Waals surface area contributed by atoms with E-state index in [1.165, 1.54) is 6.07 Å². The Labute approximate surface area is 213 Å². The molecule has 0 unspecified atom stereocenters. The van der Waals surface area contributed by atoms with E-state index in [4.69, 9.17) is 4.74 Å². The van der Waals surface area contributed by atoms with Crippen LogP contribution in [-0.4, -0.2) is 74.0 Å². The van der Waals surface area contributed by atoms with Crippen molar-refractivity contribution in [3.63, 3.8) is 0 Å². The molecule has 0 bridgehead atoms. The Balaban J connectivity index is 1.15. The summed E-state index contributed by atoms with van der Waals surface area (Å²) >= 11 is 0. The van der Waals surface area contributed by atoms with Crippen molar-refractivity contribution >= 4 is 22.7 Å². The van der Waals surface area contributed by atoms with Crippen LogP contribution in [0.15, 0.2) is 36.7 Å². The summed E-state index contributed by atoms with van der Waals surface area (Å²) in [6, 6.07) is 6.58. The summed E-state index contributed by atoms with van der Waals surface area (Å²) in [5.41, 5.74) is 1.63. The molecular weight excluding hydrogens is 478 g/mol. The zero-order chi connectivity index (χ0) is 25.4. The number of fused-ring (bicyclic) bond motifs is 3. The first kappa shape index (κ1) is 23.7. The highest BCUT2D eigenvalue weighted by molar-refractivity contribution is 5.87. The summed E-state index contributed by atoms with van der Waals surface area (Å²) in [6.07, 6.45) is 4.48. The molecule has 37 heavy (non-hydrogen) atoms. The SMILES string of the molecule is CCN1CCN(COc2ccc(Nc3ncc(F)c(-c4cc(F)c5nn6c(c5c4)CCC6)n3)nc2)CC1. The Hall–Kier alpha value is -3.70. The number of rotatable bonds is 7. The van der Waals surface area contributed by atoms with Crippen molar-refractivity contribution < 1.29 is 13.5 Å². The van der Waals surface area contributed by atoms with E-state index in [2.05, 4.69) is 42.1 Å². The molecule has 3 aromatic heterocycles. The van der Waals surface area contributed by atoms with Crippen LogP contribution in [0.5, 0.6) is 5.75 Å². The second-order valence-corrected chi connectivity index (χ2v) is 9.35. The highest BCUT2D eigenvalue weighted by atomic mass is 19.1. The molecule has 0 spiro atoms. The lowest BCUT2D eigenvalue weighted by atomic mass is 10.1. The first-order valence-electron chi connectivity index (χ1n) is 12.6. The van der Waals surface area contributed by atoms with Gasteiger partial charge in [0.05, 0.1) is 12.4 Å². The van der Waals surface area contributed by atoms with E-state index < -0.39 is 11.6 Å². The van der Waals surface area contributed by atoms with Gasteiger partial charge >= 0.3 is 0 Å². The molecule has 0 atom stereocenters. The maximum atomic E-state index is 14.8. The second kappa shape index (κ2) is 9.98. The van der Waals surface area contributed by atoms with Gasteiger partial charge in [-0.25, -0.2) is 23.7 Å². The van der Waals surface area contributed by atoms with E-state index in [1.807, 2.05) is 10.7 Å². The minimum atomic E-state index is -0.635. The number of hydrogen-bond donors (Lipinski definition) is 1. The number of ether oxygens (including phenoxy) is 1. The molecule has 1 aromatic carbocycles. The third-order valence-corrected chi connectivity index (χ3v) is 7.01. The maximum Gasteiger partial charge on any atom is 0.229 e. The number of hydrogen-bond acceptors (Lipinski definition) is 8. The Kier molecular flexibility index (Phi) is 6.39. The van der Waals surface area contributed by atoms with Gasteiger partial charge in [0.1, 0.15) is 29.5 Å². The minimum absolute atomic E-state index is 0.0133. The lowest BCUT2D eigenvalue weighted by Gasteiger charge is -2.33. The Morgan fingerprint density at radius 3 is 2.59 bits per heavy atom. The Morgan fingerprint density at radius 2 is 1.81 bits per heavy atom. The molecule has 0 radical (unpaired) electrons. The zero-order valence-electron chi connectivity index (χ0n) is 20.6. The number of aromatic nitrogens is 5. The van der Waals surface area contributed by atoms with Crippen LogP contribution in [0.2, 0.25) is 0 Å². The molecule has 0 aliphatic carbocycles. The summed E-state index contributed by atoms with van der Waals surface area (Å²) in [5, 5.41) is 8.05. The maximum absolute atomic E-state index is 14.8. The molecule has 5 heterocycles. The van der Waals surface area contributed by atoms with Gasteiger partial charge in [-0.1, -0.05) is 6.92 Å². The fourth-order valence-corrected chi connectivity index (χ4v) is 4.91. The van der Waals surface area contributed by atoms with E-state index >= 15 is 0 Å². The second-order valence-electron chi connectivity index (χ2n) is 9.35. The van der Waals surface area contributed by atoms with Crippen molar-refractivity contribution in [1.82, 2.24) is 34.5 Å². The predicted molar refractivity (Wildman–Crippen MR) is 136 cm³/mol. The lowest BCUT2D eigenvalue weighted by molar-refractivity contribution is 0.0684. The van der Waals surface area contributed by atoms with Gasteiger partial charge in [-0.05, 0) is 43.7 Å². The number of pyridine rings is 1. The number of nitrogens with one attached hydrogen (secondary N) is 1. The summed E-state index contributed by atoms with van der Waals surface area (Å²) in [5.74, 6) is 0.169. The van der Waals surface area contributed by atoms with Gasteiger partial charge in [-0.3, -0.25) is 9.58 Å². The van der Waals surface area contributed by atoms with Gasteiger partial charge in [0, 0.05) is 49.4 Å². The first-order chi connectivity index (χ1) is 18.1. The van der Waals surface area contributed by atoms with Gasteiger partial charge in [0.2, 0.25) is 5.95 Å². The van der Waals surface area contributed by atoms with Crippen molar-refractivity contribution in [3.8, 4) is 17.0 Å². The van der Waals surface area contributed by atoms with E-state index in [9.17, 15) is 8.78 Å². The highest BCUT2D eigenvalue weighted by Gasteiger charge is 2.21. The third kappa shape index (κ3) is 4.84. The fraction of sp³-hybridized carbons (Fsp3) is 0.385. The molecule has 11 heteroatoms. The smallest absolute Gasteiger partial charge is 0.229 e. The number of nitrogens with zero attached hydrogens (tertiary/aromatic N) is 7. The van der Waals surface area contributed by atoms with Gasteiger partial charge in [0.15, 0.2) is 11.6 Å². The van der Waals surface area contributed by atoms with Gasteiger partial charge in [-0.2, -0.15) is 5.10 Å². The number of benzene rings is 1. The fourth-order valence-electron chi connectivity index (χ4n) is 4.91. The van der Waals surface area contributed by atoms with Crippen LogP contribution in [0.1, 0.15) is 19.0 Å². The van der Waals surface area contributed by atoms with Crippen LogP contribution in [0.3, 0.4) is 0 Å². The Bertz CT molecular complexity index is 1420. The monoisotopic (exact) mass is 506 g/mol. The van der Waals surface area contributed by atoms with E-state index in [0.717, 1.165) is 64.0 Å². The number of halogens is 2. The molecule has 0 saturated carbocycles. The van der Waals surface area contributed by atoms with E-state index in [0.29, 0.717) is 34.8 Å². The van der Waals surface area contributed by atoms with Crippen LogP contribution >= 0.6 is 0 Å². The van der Waals surface area contributed by atoms with Crippen molar-refractivity contribution in [2.24, 2.45) is 0 Å². The lowest BCUT2D eigenvalue weighted by Crippen LogP contribution is -2.47. The molecular formula is C26H28F2N8O. The van der Waals surface area contributed by atoms with Crippen LogP contribution in [-0.2, 0) is 13.0 Å². The molecule has 1 N–H and O–H groups in total. The quantitative estimate of drug-likeness (QED) is 0.405. The summed E-state index contributed by atoms with van der Waals surface area (Å²) < 4.78 is 37.3. The highest BCUT2D eigenvalue weighted by Crippen LogP contribution is 2.32. The van der Waals surface area contributed by atoms with E-state index in [1.54, 1.807) is 18.3 Å². The molecule has 9 nitrogen and oxygen atoms in total. The molecule has 6 rings (SSSR count). The van der Waals surface area contributed by atoms with Gasteiger partial charge in [0.25, 0.3) is 0 Å². The van der Waals surface area contributed by atoms with Crippen LogP contribution in [0, 0.1) is 11.6 Å². The van der Waals surface area contributed by atoms with Crippen molar-refractivity contribution in [3.05, 3.63) is 54.0 Å². The average molecular weight is 507 g/mol. The zero-order valence-corrected chi connectivity index (χ0v) is 20.6. The van der Waals surface area contributed by atoms with Crippen LogP contribution < -0.4 is 10.1 Å². The normalized spacial score (nSPS) is 16.3. The largest absolute Gasteiger partial charge is 0.477 e. The topological polar surface area (TPSA) is 84.2 Å². The number of piperazine rings is 1. The molecule has 2 aliphatic heterocycles. The van der Waals surface area contributed by atoms with Crippen LogP contribution in [0.25, 0.3) is 22.2 Å². The molecule has 4 aromatic rings. The molecule has 192 valence electrons.